The highest BCUT2D eigenvalue weighted by Crippen LogP contribution is 2.35. The Morgan fingerprint density at radius 3 is 3.06 bits per heavy atom. The molecule has 0 aliphatic heterocycles. The average Bonchev–Trinajstić information content (AvgIpc) is 2.74. The molecule has 102 valence electrons. The third-order valence-corrected chi connectivity index (χ3v) is 3.53. The molecule has 1 aliphatic rings. The first-order valence-corrected chi connectivity index (χ1v) is 6.63. The molecule has 0 bridgehead atoms. The molecule has 0 saturated heterocycles. The Balaban J connectivity index is 1.79. The summed E-state index contributed by atoms with van der Waals surface area (Å²) in [6, 6.07) is 0.568. The summed E-state index contributed by atoms with van der Waals surface area (Å²) in [5, 5.41) is 7.45. The molecule has 5 nitrogen and oxygen atoms in total. The van der Waals surface area contributed by atoms with Gasteiger partial charge < -0.3 is 14.6 Å². The lowest BCUT2D eigenvalue weighted by Crippen LogP contribution is -2.37. The van der Waals surface area contributed by atoms with E-state index in [1.54, 1.807) is 7.11 Å². The van der Waals surface area contributed by atoms with Gasteiger partial charge in [-0.2, -0.15) is 4.98 Å². The van der Waals surface area contributed by atoms with E-state index in [0.717, 1.165) is 0 Å². The molecule has 1 atom stereocenters. The number of rotatable bonds is 5. The Hall–Kier alpha value is -0.940. The Bertz CT molecular complexity index is 376. The second-order valence-electron chi connectivity index (χ2n) is 5.88. The standard InChI is InChI=1S/C13H23N3O2/c1-13(2)6-4-5-10(7-13)14-8-11-15-12(9-17-3)18-16-11/h10,14H,4-9H2,1-3H3/t10-/m1/s1. The summed E-state index contributed by atoms with van der Waals surface area (Å²) in [7, 11) is 1.62. The number of hydrogen-bond acceptors (Lipinski definition) is 5. The van der Waals surface area contributed by atoms with Crippen molar-refractivity contribution in [2.45, 2.75) is 58.7 Å². The fraction of sp³-hybridized carbons (Fsp3) is 0.846. The highest BCUT2D eigenvalue weighted by Gasteiger charge is 2.27. The summed E-state index contributed by atoms with van der Waals surface area (Å²) in [5.74, 6) is 1.25. The largest absolute Gasteiger partial charge is 0.375 e. The van der Waals surface area contributed by atoms with Gasteiger partial charge in [-0.05, 0) is 24.7 Å². The van der Waals surface area contributed by atoms with Crippen molar-refractivity contribution in [2.75, 3.05) is 7.11 Å². The lowest BCUT2D eigenvalue weighted by Gasteiger charge is -2.35. The van der Waals surface area contributed by atoms with Crippen LogP contribution in [0.4, 0.5) is 0 Å². The predicted octanol–water partition coefficient (Wildman–Crippen LogP) is 2.27. The molecule has 0 spiro atoms. The first-order valence-electron chi connectivity index (χ1n) is 6.63. The molecular formula is C13H23N3O2. The van der Waals surface area contributed by atoms with Gasteiger partial charge in [-0.25, -0.2) is 0 Å². The molecule has 1 heterocycles. The Kier molecular flexibility index (Phi) is 4.35. The summed E-state index contributed by atoms with van der Waals surface area (Å²) < 4.78 is 10.0. The van der Waals surface area contributed by atoms with Crippen LogP contribution in [-0.4, -0.2) is 23.3 Å². The normalized spacial score (nSPS) is 23.2. The van der Waals surface area contributed by atoms with Crippen molar-refractivity contribution in [1.29, 1.82) is 0 Å². The topological polar surface area (TPSA) is 60.2 Å². The lowest BCUT2D eigenvalue weighted by molar-refractivity contribution is 0.151. The van der Waals surface area contributed by atoms with Gasteiger partial charge in [0.25, 0.3) is 5.89 Å². The van der Waals surface area contributed by atoms with Gasteiger partial charge in [0, 0.05) is 13.2 Å². The zero-order valence-corrected chi connectivity index (χ0v) is 11.5. The lowest BCUT2D eigenvalue weighted by atomic mass is 9.75. The number of nitrogens with one attached hydrogen (secondary N) is 1. The minimum absolute atomic E-state index is 0.378. The zero-order valence-electron chi connectivity index (χ0n) is 11.5. The van der Waals surface area contributed by atoms with Crippen molar-refractivity contribution in [3.05, 3.63) is 11.7 Å². The van der Waals surface area contributed by atoms with E-state index in [4.69, 9.17) is 9.26 Å². The van der Waals surface area contributed by atoms with Gasteiger partial charge in [0.15, 0.2) is 5.82 Å². The molecule has 1 saturated carbocycles. The van der Waals surface area contributed by atoms with Crippen LogP contribution in [0.5, 0.6) is 0 Å². The molecule has 1 N–H and O–H groups in total. The smallest absolute Gasteiger partial charge is 0.252 e. The summed E-state index contributed by atoms with van der Waals surface area (Å²) in [5.41, 5.74) is 0.453. The Labute approximate surface area is 108 Å². The first kappa shape index (κ1) is 13.5. The molecule has 18 heavy (non-hydrogen) atoms. The Morgan fingerprint density at radius 2 is 2.33 bits per heavy atom. The number of aromatic nitrogens is 2. The Morgan fingerprint density at radius 1 is 1.50 bits per heavy atom. The van der Waals surface area contributed by atoms with Gasteiger partial charge in [0.1, 0.15) is 6.61 Å². The van der Waals surface area contributed by atoms with Crippen LogP contribution in [0.2, 0.25) is 0 Å². The van der Waals surface area contributed by atoms with E-state index in [1.807, 2.05) is 0 Å². The molecule has 0 amide bonds. The van der Waals surface area contributed by atoms with E-state index < -0.39 is 0 Å². The van der Waals surface area contributed by atoms with Crippen LogP contribution in [0, 0.1) is 5.41 Å². The average molecular weight is 253 g/mol. The molecule has 1 aromatic rings. The van der Waals surface area contributed by atoms with Crippen molar-refractivity contribution in [3.63, 3.8) is 0 Å². The van der Waals surface area contributed by atoms with Crippen molar-refractivity contribution < 1.29 is 9.26 Å². The molecule has 0 radical (unpaired) electrons. The van der Waals surface area contributed by atoms with Crippen LogP contribution in [0.1, 0.15) is 51.2 Å². The summed E-state index contributed by atoms with van der Waals surface area (Å²) >= 11 is 0. The first-order chi connectivity index (χ1) is 8.59. The molecular weight excluding hydrogens is 230 g/mol. The van der Waals surface area contributed by atoms with Crippen molar-refractivity contribution in [3.8, 4) is 0 Å². The van der Waals surface area contributed by atoms with Crippen LogP contribution >= 0.6 is 0 Å². The van der Waals surface area contributed by atoms with E-state index in [1.165, 1.54) is 25.7 Å². The van der Waals surface area contributed by atoms with E-state index in [0.29, 0.717) is 36.3 Å². The van der Waals surface area contributed by atoms with E-state index in [-0.39, 0.29) is 0 Å². The van der Waals surface area contributed by atoms with Gasteiger partial charge in [-0.15, -0.1) is 0 Å². The van der Waals surface area contributed by atoms with Gasteiger partial charge in [0.2, 0.25) is 0 Å². The molecule has 1 fully saturated rings. The van der Waals surface area contributed by atoms with E-state index in [2.05, 4.69) is 29.3 Å². The minimum Gasteiger partial charge on any atom is -0.375 e. The van der Waals surface area contributed by atoms with E-state index >= 15 is 0 Å². The quantitative estimate of drug-likeness (QED) is 0.872. The molecule has 1 aromatic heterocycles. The maximum absolute atomic E-state index is 5.06. The van der Waals surface area contributed by atoms with Crippen molar-refractivity contribution in [1.82, 2.24) is 15.5 Å². The fourth-order valence-electron chi connectivity index (χ4n) is 2.65. The van der Waals surface area contributed by atoms with Crippen LogP contribution in [0.15, 0.2) is 4.52 Å². The van der Waals surface area contributed by atoms with Crippen molar-refractivity contribution >= 4 is 0 Å². The van der Waals surface area contributed by atoms with Crippen LogP contribution < -0.4 is 5.32 Å². The molecule has 2 rings (SSSR count). The highest BCUT2D eigenvalue weighted by molar-refractivity contribution is 4.88. The number of hydrogen-bond donors (Lipinski definition) is 1. The second-order valence-corrected chi connectivity index (χ2v) is 5.88. The summed E-state index contributed by atoms with van der Waals surface area (Å²) in [6.07, 6.45) is 5.08. The van der Waals surface area contributed by atoms with Crippen LogP contribution in [-0.2, 0) is 17.9 Å². The number of ether oxygens (including phenoxy) is 1. The van der Waals surface area contributed by atoms with Crippen molar-refractivity contribution in [2.24, 2.45) is 5.41 Å². The zero-order chi connectivity index (χ0) is 13.0. The summed E-state index contributed by atoms with van der Waals surface area (Å²) in [4.78, 5) is 4.26. The number of nitrogens with zero attached hydrogens (tertiary/aromatic N) is 2. The predicted molar refractivity (Wildman–Crippen MR) is 67.9 cm³/mol. The second kappa shape index (κ2) is 5.80. The minimum atomic E-state index is 0.378. The highest BCUT2D eigenvalue weighted by atomic mass is 16.5. The maximum atomic E-state index is 5.06. The van der Waals surface area contributed by atoms with E-state index in [9.17, 15) is 0 Å². The third-order valence-electron chi connectivity index (χ3n) is 3.53. The number of methoxy groups -OCH3 is 1. The van der Waals surface area contributed by atoms with Gasteiger partial charge >= 0.3 is 0 Å². The van der Waals surface area contributed by atoms with Gasteiger partial charge in [-0.1, -0.05) is 25.4 Å². The summed E-state index contributed by atoms with van der Waals surface area (Å²) in [6.45, 7) is 5.73. The SMILES string of the molecule is COCc1nc(CN[C@@H]2CCCC(C)(C)C2)no1. The molecule has 0 aromatic carbocycles. The molecule has 5 heteroatoms. The maximum Gasteiger partial charge on any atom is 0.252 e. The van der Waals surface area contributed by atoms with Crippen LogP contribution in [0.25, 0.3) is 0 Å². The third kappa shape index (κ3) is 3.78. The molecule has 0 unspecified atom stereocenters. The van der Waals surface area contributed by atoms with Gasteiger partial charge in [-0.3, -0.25) is 0 Å². The van der Waals surface area contributed by atoms with Gasteiger partial charge in [0.05, 0.1) is 6.54 Å². The monoisotopic (exact) mass is 253 g/mol. The van der Waals surface area contributed by atoms with Crippen LogP contribution in [0.3, 0.4) is 0 Å². The fourth-order valence-corrected chi connectivity index (χ4v) is 2.65. The molecule has 1 aliphatic carbocycles.